The Morgan fingerprint density at radius 2 is 1.81 bits per heavy atom. The zero-order chi connectivity index (χ0) is 22.2. The quantitative estimate of drug-likeness (QED) is 0.314. The van der Waals surface area contributed by atoms with E-state index in [9.17, 15) is 4.79 Å². The van der Waals surface area contributed by atoms with E-state index in [4.69, 9.17) is 4.74 Å². The van der Waals surface area contributed by atoms with Gasteiger partial charge in [-0.2, -0.15) is 0 Å². The first kappa shape index (κ1) is 24.4. The molecule has 8 heteroatoms. The highest BCUT2D eigenvalue weighted by atomic mass is 16.5. The van der Waals surface area contributed by atoms with Crippen molar-refractivity contribution in [1.29, 1.82) is 0 Å². The van der Waals surface area contributed by atoms with Crippen LogP contribution in [0.15, 0.2) is 0 Å². The van der Waals surface area contributed by atoms with Crippen LogP contribution in [0.4, 0.5) is 0 Å². The molecule has 0 spiro atoms. The molecule has 2 saturated carbocycles. The molecule has 0 radical (unpaired) electrons. The molecule has 2 saturated heterocycles. The van der Waals surface area contributed by atoms with Crippen LogP contribution in [0.5, 0.6) is 0 Å². The molecule has 6 atom stereocenters. The summed E-state index contributed by atoms with van der Waals surface area (Å²) in [6, 6.07) is 0.423. The van der Waals surface area contributed by atoms with E-state index in [1.54, 1.807) is 0 Å². The molecule has 2 aliphatic carbocycles. The van der Waals surface area contributed by atoms with Gasteiger partial charge < -0.3 is 20.7 Å². The van der Waals surface area contributed by atoms with Crippen LogP contribution in [0.3, 0.4) is 0 Å². The van der Waals surface area contributed by atoms with Crippen LogP contribution in [-0.4, -0.2) is 63.2 Å². The first-order valence-electron chi connectivity index (χ1n) is 13.3. The minimum atomic E-state index is 0.139. The normalized spacial score (nSPS) is 36.8. The third-order valence-electron chi connectivity index (χ3n) is 8.06. The maximum atomic E-state index is 12.9. The van der Waals surface area contributed by atoms with Crippen molar-refractivity contribution in [2.75, 3.05) is 32.8 Å². The highest BCUT2D eigenvalue weighted by Gasteiger charge is 2.32. The van der Waals surface area contributed by atoms with Crippen LogP contribution >= 0.6 is 0 Å². The number of hydrogen-bond donors (Lipinski definition) is 6. The molecule has 2 heterocycles. The number of ether oxygens (including phenoxy) is 1. The average molecular weight is 451 g/mol. The van der Waals surface area contributed by atoms with E-state index in [0.717, 1.165) is 64.9 Å². The van der Waals surface area contributed by atoms with Crippen LogP contribution in [-0.2, 0) is 9.53 Å². The van der Waals surface area contributed by atoms with Gasteiger partial charge in [-0.3, -0.25) is 10.1 Å². The molecular formula is C24H46N6O2. The maximum Gasteiger partial charge on any atom is 0.223 e. The topological polar surface area (TPSA) is 98.5 Å². The molecule has 6 N–H and O–H groups in total. The Balaban J connectivity index is 1.15. The van der Waals surface area contributed by atoms with Gasteiger partial charge in [-0.25, -0.2) is 10.9 Å². The summed E-state index contributed by atoms with van der Waals surface area (Å²) in [5.41, 5.74) is 6.86. The summed E-state index contributed by atoms with van der Waals surface area (Å²) in [7, 11) is 0. The van der Waals surface area contributed by atoms with Crippen molar-refractivity contribution in [3.63, 3.8) is 0 Å². The number of carbonyl (C=O) groups excluding carboxylic acids is 1. The second kappa shape index (κ2) is 12.6. The number of carbonyl (C=O) groups is 1. The van der Waals surface area contributed by atoms with Gasteiger partial charge in [0.25, 0.3) is 0 Å². The van der Waals surface area contributed by atoms with E-state index < -0.39 is 0 Å². The molecule has 4 fully saturated rings. The largest absolute Gasteiger partial charge is 0.378 e. The van der Waals surface area contributed by atoms with Crippen molar-refractivity contribution in [3.05, 3.63) is 0 Å². The lowest BCUT2D eigenvalue weighted by Crippen LogP contribution is -2.49. The van der Waals surface area contributed by atoms with Crippen molar-refractivity contribution in [1.82, 2.24) is 32.1 Å². The maximum absolute atomic E-state index is 12.9. The van der Waals surface area contributed by atoms with Crippen LogP contribution in [0.25, 0.3) is 0 Å². The van der Waals surface area contributed by atoms with Gasteiger partial charge in [-0.1, -0.05) is 19.3 Å². The predicted octanol–water partition coefficient (Wildman–Crippen LogP) is 1.20. The predicted molar refractivity (Wildman–Crippen MR) is 127 cm³/mol. The third kappa shape index (κ3) is 6.87. The van der Waals surface area contributed by atoms with Crippen molar-refractivity contribution in [3.8, 4) is 0 Å². The Bertz CT molecular complexity index is 571. The van der Waals surface area contributed by atoms with Crippen LogP contribution < -0.4 is 32.1 Å². The SMILES string of the molecule is CCOC1CCCCC1CNC(=O)C1CCCC(NCC2NNC(C3CCNCC3)N2)C1. The molecule has 0 aromatic heterocycles. The summed E-state index contributed by atoms with van der Waals surface area (Å²) in [5.74, 6) is 1.55. The standard InChI is InChI=1S/C24H46N6O2/c1-2-32-21-9-4-3-6-19(21)15-27-24(31)18-7-5-8-20(14-18)26-16-22-28-23(30-29-22)17-10-12-25-13-11-17/h17-23,25-26,28-30H,2-16H2,1H3,(H,27,31). The summed E-state index contributed by atoms with van der Waals surface area (Å²) in [4.78, 5) is 12.9. The zero-order valence-corrected chi connectivity index (χ0v) is 20.0. The summed E-state index contributed by atoms with van der Waals surface area (Å²) in [6.45, 7) is 6.73. The minimum Gasteiger partial charge on any atom is -0.378 e. The summed E-state index contributed by atoms with van der Waals surface area (Å²) < 4.78 is 5.94. The minimum absolute atomic E-state index is 0.139. The van der Waals surface area contributed by atoms with Crippen LogP contribution in [0.1, 0.15) is 71.1 Å². The van der Waals surface area contributed by atoms with E-state index in [1.807, 2.05) is 0 Å². The summed E-state index contributed by atoms with van der Waals surface area (Å²) in [6.07, 6.45) is 12.4. The Hall–Kier alpha value is -0.770. The molecular weight excluding hydrogens is 404 g/mol. The van der Waals surface area contributed by atoms with Gasteiger partial charge in [0.15, 0.2) is 0 Å². The van der Waals surface area contributed by atoms with Crippen molar-refractivity contribution in [2.24, 2.45) is 17.8 Å². The summed E-state index contributed by atoms with van der Waals surface area (Å²) in [5, 5.41) is 14.1. The number of rotatable bonds is 9. The van der Waals surface area contributed by atoms with E-state index in [1.165, 1.54) is 32.1 Å². The van der Waals surface area contributed by atoms with E-state index in [-0.39, 0.29) is 18.0 Å². The zero-order valence-electron chi connectivity index (χ0n) is 20.0. The summed E-state index contributed by atoms with van der Waals surface area (Å²) >= 11 is 0. The van der Waals surface area contributed by atoms with Crippen LogP contribution in [0, 0.1) is 17.8 Å². The molecule has 4 rings (SSSR count). The fourth-order valence-electron chi connectivity index (χ4n) is 6.15. The Labute approximate surface area is 194 Å². The monoisotopic (exact) mass is 450 g/mol. The smallest absolute Gasteiger partial charge is 0.223 e. The Morgan fingerprint density at radius 3 is 2.66 bits per heavy atom. The molecule has 0 bridgehead atoms. The molecule has 32 heavy (non-hydrogen) atoms. The molecule has 1 amide bonds. The van der Waals surface area contributed by atoms with Crippen LogP contribution in [0.2, 0.25) is 0 Å². The Kier molecular flexibility index (Phi) is 9.61. The van der Waals surface area contributed by atoms with Crippen molar-refractivity contribution < 1.29 is 9.53 Å². The number of piperidine rings is 1. The van der Waals surface area contributed by atoms with E-state index >= 15 is 0 Å². The molecule has 4 aliphatic rings. The van der Waals surface area contributed by atoms with Crippen molar-refractivity contribution >= 4 is 5.91 Å². The van der Waals surface area contributed by atoms with E-state index in [0.29, 0.717) is 30.1 Å². The average Bonchev–Trinajstić information content (AvgIpc) is 3.32. The molecule has 0 aromatic carbocycles. The first-order chi connectivity index (χ1) is 15.7. The molecule has 6 unspecified atom stereocenters. The molecule has 8 nitrogen and oxygen atoms in total. The van der Waals surface area contributed by atoms with Crippen molar-refractivity contribution in [2.45, 2.75) is 95.6 Å². The lowest BCUT2D eigenvalue weighted by Gasteiger charge is -2.33. The fourth-order valence-corrected chi connectivity index (χ4v) is 6.15. The van der Waals surface area contributed by atoms with Gasteiger partial charge in [0.2, 0.25) is 5.91 Å². The number of hydrazine groups is 1. The third-order valence-corrected chi connectivity index (χ3v) is 8.06. The molecule has 2 aliphatic heterocycles. The van der Waals surface area contributed by atoms with Gasteiger partial charge in [0, 0.05) is 37.6 Å². The highest BCUT2D eigenvalue weighted by molar-refractivity contribution is 5.78. The van der Waals surface area contributed by atoms with Gasteiger partial charge in [-0.05, 0) is 70.9 Å². The highest BCUT2D eigenvalue weighted by Crippen LogP contribution is 2.28. The number of nitrogens with one attached hydrogen (secondary N) is 6. The van der Waals surface area contributed by atoms with Gasteiger partial charge >= 0.3 is 0 Å². The Morgan fingerprint density at radius 1 is 0.969 bits per heavy atom. The van der Waals surface area contributed by atoms with Gasteiger partial charge in [0.05, 0.1) is 18.4 Å². The van der Waals surface area contributed by atoms with E-state index in [2.05, 4.69) is 39.0 Å². The fraction of sp³-hybridized carbons (Fsp3) is 0.958. The molecule has 184 valence electrons. The number of hydrogen-bond acceptors (Lipinski definition) is 7. The number of amides is 1. The molecule has 0 aromatic rings. The second-order valence-corrected chi connectivity index (χ2v) is 10.3. The lowest BCUT2D eigenvalue weighted by molar-refractivity contribution is -0.126. The van der Waals surface area contributed by atoms with Gasteiger partial charge in [0.1, 0.15) is 0 Å². The van der Waals surface area contributed by atoms with Gasteiger partial charge in [-0.15, -0.1) is 0 Å². The second-order valence-electron chi connectivity index (χ2n) is 10.3. The lowest BCUT2D eigenvalue weighted by atomic mass is 9.84. The first-order valence-corrected chi connectivity index (χ1v) is 13.3.